The third-order valence-corrected chi connectivity index (χ3v) is 3.03. The maximum atomic E-state index is 11.4. The van der Waals surface area contributed by atoms with Crippen LogP contribution in [0.4, 0.5) is 0 Å². The number of nitrogens with zero attached hydrogens (tertiary/aromatic N) is 1. The monoisotopic (exact) mass is 251 g/mol. The molecule has 0 fully saturated rings. The predicted octanol–water partition coefficient (Wildman–Crippen LogP) is 3.90. The molecule has 0 bridgehead atoms. The number of hydrogen-bond donors (Lipinski definition) is 0. The summed E-state index contributed by atoms with van der Waals surface area (Å²) < 4.78 is 0. The number of carbonyl (C=O) groups excluding carboxylic acids is 1. The average molecular weight is 251 g/mol. The Labute approximate surface area is 113 Å². The molecular weight excluding hydrogens is 234 g/mol. The van der Waals surface area contributed by atoms with Crippen LogP contribution in [-0.2, 0) is 6.54 Å². The van der Waals surface area contributed by atoms with E-state index in [0.29, 0.717) is 6.54 Å². The van der Waals surface area contributed by atoms with Gasteiger partial charge in [0.1, 0.15) is 0 Å². The van der Waals surface area contributed by atoms with Gasteiger partial charge in [-0.25, -0.2) is 0 Å². The topological polar surface area (TPSA) is 29.4 Å². The Morgan fingerprint density at radius 2 is 1.63 bits per heavy atom. The standard InChI is InChI=1S/C17H17NO/c1-13(18-12-15-7-4-3-5-8-15)16-9-6-10-17(11-16)14(2)19/h3-11H,12H2,1-2H3/b18-13-. The van der Waals surface area contributed by atoms with Crippen molar-refractivity contribution in [2.24, 2.45) is 4.99 Å². The fourth-order valence-electron chi connectivity index (χ4n) is 1.85. The van der Waals surface area contributed by atoms with Crippen LogP contribution < -0.4 is 0 Å². The van der Waals surface area contributed by atoms with E-state index in [4.69, 9.17) is 0 Å². The molecule has 2 nitrogen and oxygen atoms in total. The van der Waals surface area contributed by atoms with Crippen molar-refractivity contribution in [1.82, 2.24) is 0 Å². The summed E-state index contributed by atoms with van der Waals surface area (Å²) in [6.07, 6.45) is 0. The largest absolute Gasteiger partial charge is 0.295 e. The van der Waals surface area contributed by atoms with Crippen LogP contribution >= 0.6 is 0 Å². The first kappa shape index (κ1) is 13.2. The SMILES string of the molecule is CC(=O)c1cccc(/C(C)=N\Cc2ccccc2)c1. The summed E-state index contributed by atoms with van der Waals surface area (Å²) in [5, 5.41) is 0. The zero-order chi connectivity index (χ0) is 13.7. The second-order valence-corrected chi connectivity index (χ2v) is 4.52. The highest BCUT2D eigenvalue weighted by molar-refractivity contribution is 6.02. The lowest BCUT2D eigenvalue weighted by atomic mass is 10.1. The minimum atomic E-state index is 0.0812. The van der Waals surface area contributed by atoms with E-state index in [2.05, 4.69) is 17.1 Å². The summed E-state index contributed by atoms with van der Waals surface area (Å²) in [7, 11) is 0. The lowest BCUT2D eigenvalue weighted by Crippen LogP contribution is -1.99. The molecular formula is C17H17NO. The van der Waals surface area contributed by atoms with Gasteiger partial charge in [0, 0.05) is 11.3 Å². The molecule has 0 aliphatic carbocycles. The lowest BCUT2D eigenvalue weighted by Gasteiger charge is -2.03. The number of Topliss-reactive ketones (excluding diaryl/α,β-unsaturated/α-hetero) is 1. The van der Waals surface area contributed by atoms with Gasteiger partial charge in [-0.05, 0) is 31.0 Å². The molecule has 0 N–H and O–H groups in total. The lowest BCUT2D eigenvalue weighted by molar-refractivity contribution is 0.101. The summed E-state index contributed by atoms with van der Waals surface area (Å²) >= 11 is 0. The Balaban J connectivity index is 2.17. The molecule has 0 radical (unpaired) electrons. The van der Waals surface area contributed by atoms with Gasteiger partial charge in [-0.2, -0.15) is 0 Å². The van der Waals surface area contributed by atoms with Crippen molar-refractivity contribution in [2.45, 2.75) is 20.4 Å². The van der Waals surface area contributed by atoms with Gasteiger partial charge in [-0.3, -0.25) is 9.79 Å². The average Bonchev–Trinajstić information content (AvgIpc) is 2.46. The van der Waals surface area contributed by atoms with Crippen LogP contribution in [0.2, 0.25) is 0 Å². The zero-order valence-corrected chi connectivity index (χ0v) is 11.3. The quantitative estimate of drug-likeness (QED) is 0.598. The number of rotatable bonds is 4. The van der Waals surface area contributed by atoms with Gasteiger partial charge in [0.15, 0.2) is 5.78 Å². The molecule has 0 unspecified atom stereocenters. The minimum Gasteiger partial charge on any atom is -0.295 e. The highest BCUT2D eigenvalue weighted by atomic mass is 16.1. The third kappa shape index (κ3) is 3.62. The molecule has 0 aliphatic rings. The number of aliphatic imine (C=N–C) groups is 1. The fraction of sp³-hybridized carbons (Fsp3) is 0.176. The van der Waals surface area contributed by atoms with Crippen molar-refractivity contribution >= 4 is 11.5 Å². The summed E-state index contributed by atoms with van der Waals surface area (Å²) in [4.78, 5) is 15.9. The normalized spacial score (nSPS) is 11.4. The van der Waals surface area contributed by atoms with Crippen molar-refractivity contribution < 1.29 is 4.79 Å². The van der Waals surface area contributed by atoms with E-state index >= 15 is 0 Å². The zero-order valence-electron chi connectivity index (χ0n) is 11.3. The molecule has 19 heavy (non-hydrogen) atoms. The maximum absolute atomic E-state index is 11.4. The van der Waals surface area contributed by atoms with Crippen LogP contribution in [0.5, 0.6) is 0 Å². The van der Waals surface area contributed by atoms with E-state index in [1.807, 2.05) is 49.4 Å². The second-order valence-electron chi connectivity index (χ2n) is 4.52. The number of benzene rings is 2. The number of carbonyl (C=O) groups is 1. The second kappa shape index (κ2) is 6.10. The molecule has 96 valence electrons. The fourth-order valence-corrected chi connectivity index (χ4v) is 1.85. The first-order chi connectivity index (χ1) is 9.16. The van der Waals surface area contributed by atoms with Crippen LogP contribution in [0.15, 0.2) is 59.6 Å². The first-order valence-corrected chi connectivity index (χ1v) is 6.33. The van der Waals surface area contributed by atoms with E-state index < -0.39 is 0 Å². The van der Waals surface area contributed by atoms with Crippen molar-refractivity contribution in [3.63, 3.8) is 0 Å². The minimum absolute atomic E-state index is 0.0812. The summed E-state index contributed by atoms with van der Waals surface area (Å²) in [6.45, 7) is 4.22. The Bertz CT molecular complexity index is 600. The summed E-state index contributed by atoms with van der Waals surface area (Å²) in [5.74, 6) is 0.0812. The van der Waals surface area contributed by atoms with Gasteiger partial charge >= 0.3 is 0 Å². The molecule has 0 saturated heterocycles. The van der Waals surface area contributed by atoms with Gasteiger partial charge in [-0.15, -0.1) is 0 Å². The molecule has 0 aromatic heterocycles. The van der Waals surface area contributed by atoms with E-state index in [-0.39, 0.29) is 5.78 Å². The van der Waals surface area contributed by atoms with Crippen LogP contribution in [-0.4, -0.2) is 11.5 Å². The molecule has 2 aromatic rings. The molecule has 2 aromatic carbocycles. The molecule has 0 atom stereocenters. The first-order valence-electron chi connectivity index (χ1n) is 6.33. The van der Waals surface area contributed by atoms with Gasteiger partial charge < -0.3 is 0 Å². The van der Waals surface area contributed by atoms with Crippen LogP contribution in [0.3, 0.4) is 0 Å². The van der Waals surface area contributed by atoms with Gasteiger partial charge in [-0.1, -0.05) is 48.5 Å². The Morgan fingerprint density at radius 1 is 0.947 bits per heavy atom. The maximum Gasteiger partial charge on any atom is 0.159 e. The number of hydrogen-bond acceptors (Lipinski definition) is 2. The predicted molar refractivity (Wildman–Crippen MR) is 78.8 cm³/mol. The highest BCUT2D eigenvalue weighted by Crippen LogP contribution is 2.09. The molecule has 0 amide bonds. The van der Waals surface area contributed by atoms with E-state index in [0.717, 1.165) is 16.8 Å². The van der Waals surface area contributed by atoms with E-state index in [1.54, 1.807) is 6.92 Å². The van der Waals surface area contributed by atoms with E-state index in [1.165, 1.54) is 5.56 Å². The molecule has 2 rings (SSSR count). The summed E-state index contributed by atoms with van der Waals surface area (Å²) in [6, 6.07) is 17.7. The summed E-state index contributed by atoms with van der Waals surface area (Å²) in [5.41, 5.74) is 3.87. The Hall–Kier alpha value is -2.22. The van der Waals surface area contributed by atoms with Crippen LogP contribution in [0, 0.1) is 0 Å². The van der Waals surface area contributed by atoms with E-state index in [9.17, 15) is 4.79 Å². The van der Waals surface area contributed by atoms with Crippen LogP contribution in [0.1, 0.15) is 35.3 Å². The highest BCUT2D eigenvalue weighted by Gasteiger charge is 2.02. The van der Waals surface area contributed by atoms with Gasteiger partial charge in [0.25, 0.3) is 0 Å². The molecule has 0 saturated carbocycles. The van der Waals surface area contributed by atoms with Crippen LogP contribution in [0.25, 0.3) is 0 Å². The smallest absolute Gasteiger partial charge is 0.159 e. The Kier molecular flexibility index (Phi) is 4.24. The van der Waals surface area contributed by atoms with Crippen molar-refractivity contribution in [3.8, 4) is 0 Å². The molecule has 0 heterocycles. The van der Waals surface area contributed by atoms with Crippen molar-refractivity contribution in [3.05, 3.63) is 71.3 Å². The van der Waals surface area contributed by atoms with Crippen molar-refractivity contribution in [1.29, 1.82) is 0 Å². The molecule has 2 heteroatoms. The molecule has 0 aliphatic heterocycles. The molecule has 0 spiro atoms. The number of ketones is 1. The van der Waals surface area contributed by atoms with Crippen molar-refractivity contribution in [2.75, 3.05) is 0 Å². The van der Waals surface area contributed by atoms with Gasteiger partial charge in [0.2, 0.25) is 0 Å². The van der Waals surface area contributed by atoms with Gasteiger partial charge in [0.05, 0.1) is 6.54 Å². The third-order valence-electron chi connectivity index (χ3n) is 3.03. The Morgan fingerprint density at radius 3 is 2.32 bits per heavy atom.